The predicted octanol–water partition coefficient (Wildman–Crippen LogP) is 3.65. The largest absolute Gasteiger partial charge is 0.349 e. The molecule has 1 N–H and O–H groups in total. The Labute approximate surface area is 107 Å². The number of hydrogen-bond acceptors (Lipinski definition) is 1. The van der Waals surface area contributed by atoms with Gasteiger partial charge in [0.05, 0.1) is 0 Å². The molecule has 0 aromatic heterocycles. The van der Waals surface area contributed by atoms with Crippen LogP contribution in [0.15, 0.2) is 24.3 Å². The molecule has 0 heterocycles. The summed E-state index contributed by atoms with van der Waals surface area (Å²) < 4.78 is 0. The summed E-state index contributed by atoms with van der Waals surface area (Å²) in [6.07, 6.45) is 3.32. The third-order valence-electron chi connectivity index (χ3n) is 3.41. The van der Waals surface area contributed by atoms with Crippen LogP contribution in [0.25, 0.3) is 0 Å². The SMILES string of the molecule is CC1(C)CCC(NC(=O)c2ccc(Cl)cc2)C1. The molecule has 0 bridgehead atoms. The van der Waals surface area contributed by atoms with Crippen LogP contribution >= 0.6 is 11.6 Å². The first-order chi connectivity index (χ1) is 7.96. The fourth-order valence-electron chi connectivity index (χ4n) is 2.43. The van der Waals surface area contributed by atoms with E-state index in [-0.39, 0.29) is 5.91 Å². The van der Waals surface area contributed by atoms with Crippen molar-refractivity contribution in [2.75, 3.05) is 0 Å². The summed E-state index contributed by atoms with van der Waals surface area (Å²) in [6, 6.07) is 7.33. The minimum atomic E-state index is 0.00404. The number of rotatable bonds is 2. The van der Waals surface area contributed by atoms with Gasteiger partial charge in [0.1, 0.15) is 0 Å². The zero-order valence-corrected chi connectivity index (χ0v) is 11.1. The second-order valence-corrected chi connectivity index (χ2v) is 6.02. The summed E-state index contributed by atoms with van der Waals surface area (Å²) in [6.45, 7) is 4.50. The monoisotopic (exact) mass is 251 g/mol. The molecule has 1 fully saturated rings. The molecule has 2 nitrogen and oxygen atoms in total. The van der Waals surface area contributed by atoms with Gasteiger partial charge in [-0.1, -0.05) is 25.4 Å². The molecule has 17 heavy (non-hydrogen) atoms. The summed E-state index contributed by atoms with van der Waals surface area (Å²) in [5, 5.41) is 3.74. The number of amides is 1. The Morgan fingerprint density at radius 1 is 1.35 bits per heavy atom. The molecule has 0 aliphatic heterocycles. The molecule has 0 saturated heterocycles. The minimum Gasteiger partial charge on any atom is -0.349 e. The zero-order chi connectivity index (χ0) is 12.5. The van der Waals surface area contributed by atoms with Gasteiger partial charge < -0.3 is 5.32 Å². The van der Waals surface area contributed by atoms with Crippen molar-refractivity contribution in [1.82, 2.24) is 5.32 Å². The van der Waals surface area contributed by atoms with Crippen LogP contribution in [0.4, 0.5) is 0 Å². The van der Waals surface area contributed by atoms with E-state index >= 15 is 0 Å². The van der Waals surface area contributed by atoms with Crippen molar-refractivity contribution in [2.45, 2.75) is 39.2 Å². The summed E-state index contributed by atoms with van der Waals surface area (Å²) >= 11 is 5.79. The molecule has 2 rings (SSSR count). The Bertz CT molecular complexity index is 411. The Morgan fingerprint density at radius 2 is 2.00 bits per heavy atom. The number of benzene rings is 1. The lowest BCUT2D eigenvalue weighted by molar-refractivity contribution is 0.0936. The number of hydrogen-bond donors (Lipinski definition) is 1. The highest BCUT2D eigenvalue weighted by atomic mass is 35.5. The minimum absolute atomic E-state index is 0.00404. The molecule has 1 aromatic rings. The smallest absolute Gasteiger partial charge is 0.251 e. The molecule has 92 valence electrons. The van der Waals surface area contributed by atoms with Gasteiger partial charge >= 0.3 is 0 Å². The van der Waals surface area contributed by atoms with Gasteiger partial charge in [-0.25, -0.2) is 0 Å². The average Bonchev–Trinajstić information content (AvgIpc) is 2.59. The van der Waals surface area contributed by atoms with Crippen LogP contribution in [-0.2, 0) is 0 Å². The van der Waals surface area contributed by atoms with Gasteiger partial charge in [-0.3, -0.25) is 4.79 Å². The fourth-order valence-corrected chi connectivity index (χ4v) is 2.56. The van der Waals surface area contributed by atoms with E-state index in [1.54, 1.807) is 24.3 Å². The lowest BCUT2D eigenvalue weighted by atomic mass is 9.92. The maximum absolute atomic E-state index is 12.0. The molecule has 1 aromatic carbocycles. The zero-order valence-electron chi connectivity index (χ0n) is 10.3. The quantitative estimate of drug-likeness (QED) is 0.854. The normalized spacial score (nSPS) is 22.4. The summed E-state index contributed by atoms with van der Waals surface area (Å²) in [5.74, 6) is 0.00404. The van der Waals surface area contributed by atoms with Crippen molar-refractivity contribution in [2.24, 2.45) is 5.41 Å². The lowest BCUT2D eigenvalue weighted by Gasteiger charge is -2.17. The molecule has 0 radical (unpaired) electrons. The number of carbonyl (C=O) groups is 1. The molecular formula is C14H18ClNO. The molecule has 1 atom stereocenters. The predicted molar refractivity (Wildman–Crippen MR) is 70.3 cm³/mol. The fraction of sp³-hybridized carbons (Fsp3) is 0.500. The molecule has 1 saturated carbocycles. The van der Waals surface area contributed by atoms with Crippen molar-refractivity contribution in [3.05, 3.63) is 34.9 Å². The van der Waals surface area contributed by atoms with Crippen LogP contribution in [0.3, 0.4) is 0 Å². The number of carbonyl (C=O) groups excluding carboxylic acids is 1. The molecule has 1 aliphatic rings. The number of nitrogens with one attached hydrogen (secondary N) is 1. The lowest BCUT2D eigenvalue weighted by Crippen LogP contribution is -2.33. The number of halogens is 1. The highest BCUT2D eigenvalue weighted by Gasteiger charge is 2.31. The first-order valence-electron chi connectivity index (χ1n) is 6.03. The van der Waals surface area contributed by atoms with Crippen LogP contribution in [-0.4, -0.2) is 11.9 Å². The average molecular weight is 252 g/mol. The van der Waals surface area contributed by atoms with Gasteiger partial charge in [-0.15, -0.1) is 0 Å². The Hall–Kier alpha value is -1.02. The van der Waals surface area contributed by atoms with Crippen LogP contribution in [0.2, 0.25) is 5.02 Å². The van der Waals surface area contributed by atoms with E-state index in [1.807, 2.05) is 0 Å². The van der Waals surface area contributed by atoms with Gasteiger partial charge in [0, 0.05) is 16.6 Å². The van der Waals surface area contributed by atoms with Crippen LogP contribution in [0, 0.1) is 5.41 Å². The molecule has 3 heteroatoms. The standard InChI is InChI=1S/C14H18ClNO/c1-14(2)8-7-12(9-14)16-13(17)10-3-5-11(15)6-4-10/h3-6,12H,7-9H2,1-2H3,(H,16,17). The van der Waals surface area contributed by atoms with Crippen molar-refractivity contribution >= 4 is 17.5 Å². The maximum Gasteiger partial charge on any atom is 0.251 e. The van der Waals surface area contributed by atoms with Gasteiger partial charge in [0.25, 0.3) is 5.91 Å². The topological polar surface area (TPSA) is 29.1 Å². The first kappa shape index (κ1) is 12.4. The highest BCUT2D eigenvalue weighted by Crippen LogP contribution is 2.36. The van der Waals surface area contributed by atoms with Crippen LogP contribution in [0.5, 0.6) is 0 Å². The third-order valence-corrected chi connectivity index (χ3v) is 3.66. The molecule has 0 spiro atoms. The maximum atomic E-state index is 12.0. The molecular weight excluding hydrogens is 234 g/mol. The van der Waals surface area contributed by atoms with Crippen LogP contribution in [0.1, 0.15) is 43.5 Å². The Morgan fingerprint density at radius 3 is 2.53 bits per heavy atom. The van der Waals surface area contributed by atoms with E-state index in [0.29, 0.717) is 22.0 Å². The van der Waals surface area contributed by atoms with Crippen molar-refractivity contribution in [3.63, 3.8) is 0 Å². The highest BCUT2D eigenvalue weighted by molar-refractivity contribution is 6.30. The summed E-state index contributed by atoms with van der Waals surface area (Å²) in [4.78, 5) is 12.0. The molecule has 1 aliphatic carbocycles. The van der Waals surface area contributed by atoms with E-state index in [0.717, 1.165) is 12.8 Å². The van der Waals surface area contributed by atoms with Gasteiger partial charge in [-0.2, -0.15) is 0 Å². The Kier molecular flexibility index (Phi) is 3.43. The van der Waals surface area contributed by atoms with E-state index in [9.17, 15) is 4.79 Å². The second kappa shape index (κ2) is 4.69. The van der Waals surface area contributed by atoms with E-state index in [1.165, 1.54) is 6.42 Å². The van der Waals surface area contributed by atoms with E-state index in [4.69, 9.17) is 11.6 Å². The van der Waals surface area contributed by atoms with Crippen molar-refractivity contribution in [1.29, 1.82) is 0 Å². The first-order valence-corrected chi connectivity index (χ1v) is 6.40. The summed E-state index contributed by atoms with van der Waals surface area (Å²) in [5.41, 5.74) is 1.04. The van der Waals surface area contributed by atoms with Gasteiger partial charge in [0.15, 0.2) is 0 Å². The Balaban J connectivity index is 1.96. The van der Waals surface area contributed by atoms with Gasteiger partial charge in [0.2, 0.25) is 0 Å². The molecule has 1 amide bonds. The second-order valence-electron chi connectivity index (χ2n) is 5.58. The van der Waals surface area contributed by atoms with Crippen molar-refractivity contribution in [3.8, 4) is 0 Å². The van der Waals surface area contributed by atoms with E-state index in [2.05, 4.69) is 19.2 Å². The van der Waals surface area contributed by atoms with Gasteiger partial charge in [-0.05, 0) is 48.9 Å². The molecule has 1 unspecified atom stereocenters. The summed E-state index contributed by atoms with van der Waals surface area (Å²) in [7, 11) is 0. The third kappa shape index (κ3) is 3.22. The van der Waals surface area contributed by atoms with E-state index < -0.39 is 0 Å². The van der Waals surface area contributed by atoms with Crippen LogP contribution < -0.4 is 5.32 Å². The van der Waals surface area contributed by atoms with Crippen molar-refractivity contribution < 1.29 is 4.79 Å².